The molecule has 4 heteroatoms. The van der Waals surface area contributed by atoms with Gasteiger partial charge in [-0.2, -0.15) is 5.26 Å². The van der Waals surface area contributed by atoms with Crippen molar-refractivity contribution < 1.29 is 4.74 Å². The minimum absolute atomic E-state index is 0.403. The number of aromatic amines is 1. The summed E-state index contributed by atoms with van der Waals surface area (Å²) in [5.74, 6) is 0.698. The molecule has 0 fully saturated rings. The number of nitriles is 1. The van der Waals surface area contributed by atoms with Crippen molar-refractivity contribution in [2.75, 3.05) is 6.61 Å². The molecule has 0 saturated carbocycles. The number of hydrogen-bond donors (Lipinski definition) is 1. The van der Waals surface area contributed by atoms with Gasteiger partial charge >= 0.3 is 0 Å². The molecule has 0 unspecified atom stereocenters. The predicted molar refractivity (Wildman–Crippen MR) is 38.6 cm³/mol. The van der Waals surface area contributed by atoms with Crippen LogP contribution in [0.5, 0.6) is 0 Å². The van der Waals surface area contributed by atoms with Crippen molar-refractivity contribution in [2.45, 2.75) is 13.5 Å². The third-order valence-corrected chi connectivity index (χ3v) is 1.19. The van der Waals surface area contributed by atoms with E-state index in [1.54, 1.807) is 6.20 Å². The van der Waals surface area contributed by atoms with Gasteiger partial charge in [0.2, 0.25) is 0 Å². The van der Waals surface area contributed by atoms with Crippen molar-refractivity contribution in [1.82, 2.24) is 9.97 Å². The first-order valence-electron chi connectivity index (χ1n) is 3.39. The molecule has 4 nitrogen and oxygen atoms in total. The Labute approximate surface area is 64.8 Å². The van der Waals surface area contributed by atoms with E-state index in [1.165, 1.54) is 0 Å². The minimum Gasteiger partial charge on any atom is -0.374 e. The molecule has 0 aromatic carbocycles. The Bertz CT molecular complexity index is 261. The SMILES string of the molecule is CCOCc1nc(C#N)c[nH]1. The van der Waals surface area contributed by atoms with E-state index >= 15 is 0 Å². The Morgan fingerprint density at radius 2 is 2.64 bits per heavy atom. The van der Waals surface area contributed by atoms with Crippen molar-refractivity contribution in [2.24, 2.45) is 0 Å². The summed E-state index contributed by atoms with van der Waals surface area (Å²) in [5, 5.41) is 8.40. The van der Waals surface area contributed by atoms with Gasteiger partial charge in [0, 0.05) is 12.8 Å². The highest BCUT2D eigenvalue weighted by atomic mass is 16.5. The molecule has 1 N–H and O–H groups in total. The molecule has 0 aliphatic carbocycles. The van der Waals surface area contributed by atoms with E-state index in [-0.39, 0.29) is 0 Å². The monoisotopic (exact) mass is 151 g/mol. The van der Waals surface area contributed by atoms with Gasteiger partial charge in [-0.05, 0) is 6.92 Å². The zero-order valence-corrected chi connectivity index (χ0v) is 6.29. The molecule has 0 saturated heterocycles. The van der Waals surface area contributed by atoms with Crippen LogP contribution >= 0.6 is 0 Å². The van der Waals surface area contributed by atoms with E-state index in [9.17, 15) is 0 Å². The highest BCUT2D eigenvalue weighted by Crippen LogP contribution is 1.96. The highest BCUT2D eigenvalue weighted by Gasteiger charge is 1.97. The van der Waals surface area contributed by atoms with Gasteiger partial charge in [0.05, 0.1) is 0 Å². The second kappa shape index (κ2) is 3.74. The lowest BCUT2D eigenvalue weighted by Gasteiger charge is -1.94. The molecule has 0 bridgehead atoms. The Balaban J connectivity index is 2.53. The second-order valence-corrected chi connectivity index (χ2v) is 1.98. The van der Waals surface area contributed by atoms with Crippen LogP contribution in [0, 0.1) is 11.3 Å². The molecule has 11 heavy (non-hydrogen) atoms. The highest BCUT2D eigenvalue weighted by molar-refractivity contribution is 5.16. The maximum Gasteiger partial charge on any atom is 0.158 e. The molecule has 1 heterocycles. The Kier molecular flexibility index (Phi) is 2.64. The third kappa shape index (κ3) is 2.06. The van der Waals surface area contributed by atoms with Crippen LogP contribution < -0.4 is 0 Å². The first kappa shape index (κ1) is 7.76. The molecular weight excluding hydrogens is 142 g/mol. The smallest absolute Gasteiger partial charge is 0.158 e. The van der Waals surface area contributed by atoms with Crippen LogP contribution in [0.4, 0.5) is 0 Å². The lowest BCUT2D eigenvalue weighted by molar-refractivity contribution is 0.129. The van der Waals surface area contributed by atoms with E-state index in [0.29, 0.717) is 24.7 Å². The number of H-pyrrole nitrogens is 1. The fourth-order valence-corrected chi connectivity index (χ4v) is 0.692. The molecule has 1 aromatic rings. The molecular formula is C7H9N3O. The third-order valence-electron chi connectivity index (χ3n) is 1.19. The summed E-state index contributed by atoms with van der Waals surface area (Å²) in [6.45, 7) is 3.01. The predicted octanol–water partition coefficient (Wildman–Crippen LogP) is 0.818. The first-order valence-corrected chi connectivity index (χ1v) is 3.39. The van der Waals surface area contributed by atoms with Gasteiger partial charge in [0.15, 0.2) is 5.69 Å². The van der Waals surface area contributed by atoms with E-state index in [2.05, 4.69) is 9.97 Å². The van der Waals surface area contributed by atoms with Crippen molar-refractivity contribution in [3.8, 4) is 6.07 Å². The average Bonchev–Trinajstić information content (AvgIpc) is 2.48. The van der Waals surface area contributed by atoms with Gasteiger partial charge in [-0.15, -0.1) is 0 Å². The largest absolute Gasteiger partial charge is 0.374 e. The quantitative estimate of drug-likeness (QED) is 0.695. The zero-order valence-electron chi connectivity index (χ0n) is 6.29. The fraction of sp³-hybridized carbons (Fsp3) is 0.429. The van der Waals surface area contributed by atoms with Crippen LogP contribution in [0.1, 0.15) is 18.4 Å². The number of aromatic nitrogens is 2. The van der Waals surface area contributed by atoms with Crippen LogP contribution in [0.2, 0.25) is 0 Å². The van der Waals surface area contributed by atoms with Gasteiger partial charge in [-0.1, -0.05) is 0 Å². The van der Waals surface area contributed by atoms with Crippen molar-refractivity contribution in [3.63, 3.8) is 0 Å². The van der Waals surface area contributed by atoms with Crippen LogP contribution in [0.25, 0.3) is 0 Å². The summed E-state index contributed by atoms with van der Waals surface area (Å²) in [6, 6.07) is 1.93. The van der Waals surface area contributed by atoms with Crippen molar-refractivity contribution >= 4 is 0 Å². The van der Waals surface area contributed by atoms with E-state index in [0.717, 1.165) is 0 Å². The lowest BCUT2D eigenvalue weighted by atomic mass is 10.5. The molecule has 0 amide bonds. The Hall–Kier alpha value is -1.34. The average molecular weight is 151 g/mol. The maximum absolute atomic E-state index is 8.40. The number of ether oxygens (including phenoxy) is 1. The van der Waals surface area contributed by atoms with E-state index in [4.69, 9.17) is 10.00 Å². The molecule has 1 aromatic heterocycles. The summed E-state index contributed by atoms with van der Waals surface area (Å²) in [7, 11) is 0. The number of rotatable bonds is 3. The molecule has 0 radical (unpaired) electrons. The molecule has 1 rings (SSSR count). The number of hydrogen-bond acceptors (Lipinski definition) is 3. The van der Waals surface area contributed by atoms with Crippen LogP contribution in [-0.4, -0.2) is 16.6 Å². The molecule has 0 spiro atoms. The summed E-state index contributed by atoms with van der Waals surface area (Å²) < 4.78 is 5.07. The van der Waals surface area contributed by atoms with Gasteiger partial charge in [-0.25, -0.2) is 4.98 Å². The Morgan fingerprint density at radius 1 is 1.82 bits per heavy atom. The van der Waals surface area contributed by atoms with Crippen molar-refractivity contribution in [1.29, 1.82) is 5.26 Å². The van der Waals surface area contributed by atoms with E-state index < -0.39 is 0 Å². The standard InChI is InChI=1S/C7H9N3O/c1-2-11-5-7-9-4-6(3-8)10-7/h4H,2,5H2,1H3,(H,9,10). The van der Waals surface area contributed by atoms with E-state index in [1.807, 2.05) is 13.0 Å². The second-order valence-electron chi connectivity index (χ2n) is 1.98. The van der Waals surface area contributed by atoms with Gasteiger partial charge in [-0.3, -0.25) is 0 Å². The first-order chi connectivity index (χ1) is 5.36. The van der Waals surface area contributed by atoms with Crippen molar-refractivity contribution in [3.05, 3.63) is 17.7 Å². The minimum atomic E-state index is 0.403. The van der Waals surface area contributed by atoms with Gasteiger partial charge < -0.3 is 9.72 Å². The number of nitrogens with zero attached hydrogens (tertiary/aromatic N) is 2. The number of imidazole rings is 1. The molecule has 0 atom stereocenters. The normalized spacial score (nSPS) is 9.45. The summed E-state index contributed by atoms with van der Waals surface area (Å²) in [5.41, 5.74) is 0.403. The summed E-state index contributed by atoms with van der Waals surface area (Å²) >= 11 is 0. The lowest BCUT2D eigenvalue weighted by Crippen LogP contribution is -1.93. The molecule has 0 aliphatic rings. The maximum atomic E-state index is 8.40. The van der Waals surface area contributed by atoms with Gasteiger partial charge in [0.1, 0.15) is 18.5 Å². The van der Waals surface area contributed by atoms with Crippen LogP contribution in [-0.2, 0) is 11.3 Å². The topological polar surface area (TPSA) is 61.7 Å². The van der Waals surface area contributed by atoms with Crippen LogP contribution in [0.15, 0.2) is 6.20 Å². The fourth-order valence-electron chi connectivity index (χ4n) is 0.692. The summed E-state index contributed by atoms with van der Waals surface area (Å²) in [6.07, 6.45) is 1.56. The number of nitrogens with one attached hydrogen (secondary N) is 1. The molecule has 58 valence electrons. The summed E-state index contributed by atoms with van der Waals surface area (Å²) in [4.78, 5) is 6.76. The zero-order chi connectivity index (χ0) is 8.10. The Morgan fingerprint density at radius 3 is 3.18 bits per heavy atom. The van der Waals surface area contributed by atoms with Crippen LogP contribution in [0.3, 0.4) is 0 Å². The van der Waals surface area contributed by atoms with Gasteiger partial charge in [0.25, 0.3) is 0 Å². The molecule has 0 aliphatic heterocycles.